The Labute approximate surface area is 183 Å². The molecule has 0 saturated carbocycles. The lowest BCUT2D eigenvalue weighted by Gasteiger charge is -2.18. The van der Waals surface area contributed by atoms with Crippen LogP contribution in [-0.2, 0) is 14.6 Å². The summed E-state index contributed by atoms with van der Waals surface area (Å²) >= 11 is 1.27. The van der Waals surface area contributed by atoms with Crippen LogP contribution in [0.15, 0.2) is 52.7 Å². The molecule has 0 radical (unpaired) electrons. The summed E-state index contributed by atoms with van der Waals surface area (Å²) < 4.78 is 41.2. The standard InChI is InChI=1S/C21H20N2O6S2/c1-27-15-4-2-14(3-5-15)17-13-30-21(22-17)23-20(24)8-11-31(25,26)16-6-7-18-19(12-16)29-10-9-28-18/h2-7,12-13H,8-11H2,1H3,(H,22,23,24). The number of hydrogen-bond donors (Lipinski definition) is 1. The molecule has 2 aromatic carbocycles. The number of benzene rings is 2. The summed E-state index contributed by atoms with van der Waals surface area (Å²) in [6.07, 6.45) is -0.186. The van der Waals surface area contributed by atoms with Gasteiger partial charge in [-0.1, -0.05) is 0 Å². The van der Waals surface area contributed by atoms with Gasteiger partial charge in [-0.2, -0.15) is 0 Å². The van der Waals surface area contributed by atoms with Crippen LogP contribution in [0.4, 0.5) is 5.13 Å². The van der Waals surface area contributed by atoms with E-state index in [1.807, 2.05) is 29.6 Å². The Hall–Kier alpha value is -3.11. The summed E-state index contributed by atoms with van der Waals surface area (Å²) in [7, 11) is -2.05. The van der Waals surface area contributed by atoms with Crippen molar-refractivity contribution >= 4 is 32.2 Å². The third-order valence-electron chi connectivity index (χ3n) is 4.61. The molecule has 1 amide bonds. The van der Waals surface area contributed by atoms with Crippen LogP contribution in [0.25, 0.3) is 11.3 Å². The molecule has 10 heteroatoms. The minimum Gasteiger partial charge on any atom is -0.497 e. The molecule has 2 heterocycles. The SMILES string of the molecule is COc1ccc(-c2csc(NC(=O)CCS(=O)(=O)c3ccc4c(c3)OCCO4)n2)cc1. The molecular weight excluding hydrogens is 440 g/mol. The van der Waals surface area contributed by atoms with E-state index >= 15 is 0 Å². The molecule has 1 N–H and O–H groups in total. The Kier molecular flexibility index (Phi) is 6.10. The molecule has 0 fully saturated rings. The van der Waals surface area contributed by atoms with E-state index in [4.69, 9.17) is 14.2 Å². The van der Waals surface area contributed by atoms with Crippen molar-refractivity contribution in [1.29, 1.82) is 0 Å². The van der Waals surface area contributed by atoms with E-state index in [0.29, 0.717) is 35.5 Å². The topological polar surface area (TPSA) is 104 Å². The van der Waals surface area contributed by atoms with Crippen LogP contribution in [0.3, 0.4) is 0 Å². The van der Waals surface area contributed by atoms with Crippen LogP contribution in [-0.4, -0.2) is 45.4 Å². The van der Waals surface area contributed by atoms with Gasteiger partial charge in [-0.25, -0.2) is 13.4 Å². The van der Waals surface area contributed by atoms with Gasteiger partial charge in [0.05, 0.1) is 23.5 Å². The number of aromatic nitrogens is 1. The Bertz CT molecular complexity index is 1190. The number of thiazole rings is 1. The van der Waals surface area contributed by atoms with Crippen molar-refractivity contribution in [1.82, 2.24) is 4.98 Å². The maximum absolute atomic E-state index is 12.6. The summed E-state index contributed by atoms with van der Waals surface area (Å²) in [6, 6.07) is 11.9. The number of methoxy groups -OCH3 is 1. The fourth-order valence-electron chi connectivity index (χ4n) is 2.97. The highest BCUT2D eigenvalue weighted by molar-refractivity contribution is 7.91. The highest BCUT2D eigenvalue weighted by Gasteiger charge is 2.21. The van der Waals surface area contributed by atoms with Gasteiger partial charge in [0.25, 0.3) is 0 Å². The Morgan fingerprint density at radius 3 is 2.61 bits per heavy atom. The summed E-state index contributed by atoms with van der Waals surface area (Å²) in [5.41, 5.74) is 1.60. The second-order valence-electron chi connectivity index (χ2n) is 6.69. The van der Waals surface area contributed by atoms with Gasteiger partial charge >= 0.3 is 0 Å². The smallest absolute Gasteiger partial charge is 0.227 e. The molecule has 1 aliphatic rings. The first-order valence-corrected chi connectivity index (χ1v) is 12.0. The molecular formula is C21H20N2O6S2. The Balaban J connectivity index is 1.36. The van der Waals surface area contributed by atoms with E-state index in [1.165, 1.54) is 23.5 Å². The number of hydrogen-bond acceptors (Lipinski definition) is 8. The molecule has 0 atom stereocenters. The van der Waals surface area contributed by atoms with Gasteiger partial charge in [0.15, 0.2) is 26.5 Å². The first-order chi connectivity index (χ1) is 14.9. The lowest BCUT2D eigenvalue weighted by atomic mass is 10.2. The molecule has 0 saturated heterocycles. The average molecular weight is 461 g/mol. The van der Waals surface area contributed by atoms with Gasteiger partial charge in [-0.15, -0.1) is 11.3 Å². The molecule has 162 valence electrons. The first kappa shape index (κ1) is 21.1. The van der Waals surface area contributed by atoms with Crippen molar-refractivity contribution in [3.8, 4) is 28.5 Å². The molecule has 0 aliphatic carbocycles. The van der Waals surface area contributed by atoms with Crippen LogP contribution in [0.5, 0.6) is 17.2 Å². The van der Waals surface area contributed by atoms with Gasteiger partial charge in [0.1, 0.15) is 19.0 Å². The molecule has 1 aromatic heterocycles. The maximum Gasteiger partial charge on any atom is 0.227 e. The predicted octanol–water partition coefficient (Wildman–Crippen LogP) is 3.39. The van der Waals surface area contributed by atoms with Gasteiger partial charge in [0, 0.05) is 23.4 Å². The lowest BCUT2D eigenvalue weighted by molar-refractivity contribution is -0.115. The predicted molar refractivity (Wildman–Crippen MR) is 117 cm³/mol. The van der Waals surface area contributed by atoms with Crippen LogP contribution in [0.2, 0.25) is 0 Å². The number of sulfone groups is 1. The zero-order valence-electron chi connectivity index (χ0n) is 16.7. The van der Waals surface area contributed by atoms with Crippen LogP contribution < -0.4 is 19.5 Å². The second kappa shape index (κ2) is 8.94. The van der Waals surface area contributed by atoms with Crippen molar-refractivity contribution in [3.63, 3.8) is 0 Å². The summed E-state index contributed by atoms with van der Waals surface area (Å²) in [6.45, 7) is 0.793. The van der Waals surface area contributed by atoms with Gasteiger partial charge in [-0.3, -0.25) is 4.79 Å². The number of nitrogens with zero attached hydrogens (tertiary/aromatic N) is 1. The number of amides is 1. The average Bonchev–Trinajstić information content (AvgIpc) is 3.26. The van der Waals surface area contributed by atoms with Gasteiger partial charge in [0.2, 0.25) is 5.91 Å². The number of nitrogens with one attached hydrogen (secondary N) is 1. The number of anilines is 1. The highest BCUT2D eigenvalue weighted by Crippen LogP contribution is 2.32. The maximum atomic E-state index is 12.6. The van der Waals surface area contributed by atoms with Crippen molar-refractivity contribution in [2.45, 2.75) is 11.3 Å². The molecule has 0 bridgehead atoms. The van der Waals surface area contributed by atoms with E-state index in [-0.39, 0.29) is 17.1 Å². The molecule has 0 unspecified atom stereocenters. The van der Waals surface area contributed by atoms with E-state index in [9.17, 15) is 13.2 Å². The number of fused-ring (bicyclic) bond motifs is 1. The fraction of sp³-hybridized carbons (Fsp3) is 0.238. The highest BCUT2D eigenvalue weighted by atomic mass is 32.2. The summed E-state index contributed by atoms with van der Waals surface area (Å²) in [4.78, 5) is 16.8. The van der Waals surface area contributed by atoms with Crippen molar-refractivity contribution in [3.05, 3.63) is 47.8 Å². The van der Waals surface area contributed by atoms with E-state index in [0.717, 1.165) is 11.3 Å². The normalized spacial score (nSPS) is 12.9. The summed E-state index contributed by atoms with van der Waals surface area (Å²) in [5.74, 6) is 0.906. The molecule has 8 nitrogen and oxygen atoms in total. The van der Waals surface area contributed by atoms with E-state index < -0.39 is 15.7 Å². The van der Waals surface area contributed by atoms with Gasteiger partial charge in [-0.05, 0) is 36.4 Å². The Morgan fingerprint density at radius 1 is 1.13 bits per heavy atom. The number of rotatable bonds is 7. The monoisotopic (exact) mass is 460 g/mol. The number of ether oxygens (including phenoxy) is 3. The lowest BCUT2D eigenvalue weighted by Crippen LogP contribution is -2.18. The number of carbonyl (C=O) groups is 1. The van der Waals surface area contributed by atoms with E-state index in [1.54, 1.807) is 13.2 Å². The Morgan fingerprint density at radius 2 is 1.87 bits per heavy atom. The van der Waals surface area contributed by atoms with Crippen LogP contribution >= 0.6 is 11.3 Å². The zero-order chi connectivity index (χ0) is 21.8. The fourth-order valence-corrected chi connectivity index (χ4v) is 4.96. The molecule has 31 heavy (non-hydrogen) atoms. The van der Waals surface area contributed by atoms with Crippen LogP contribution in [0, 0.1) is 0 Å². The molecule has 1 aliphatic heterocycles. The van der Waals surface area contributed by atoms with Gasteiger partial charge < -0.3 is 19.5 Å². The van der Waals surface area contributed by atoms with Crippen LogP contribution in [0.1, 0.15) is 6.42 Å². The minimum atomic E-state index is -3.65. The second-order valence-corrected chi connectivity index (χ2v) is 9.66. The molecule has 0 spiro atoms. The third kappa shape index (κ3) is 4.97. The summed E-state index contributed by atoms with van der Waals surface area (Å²) in [5, 5.41) is 4.90. The third-order valence-corrected chi connectivity index (χ3v) is 7.08. The van der Waals surface area contributed by atoms with Crippen molar-refractivity contribution < 1.29 is 27.4 Å². The minimum absolute atomic E-state index is 0.0978. The zero-order valence-corrected chi connectivity index (χ0v) is 18.3. The van der Waals surface area contributed by atoms with E-state index in [2.05, 4.69) is 10.3 Å². The molecule has 3 aromatic rings. The van der Waals surface area contributed by atoms with Crippen molar-refractivity contribution in [2.24, 2.45) is 0 Å². The molecule has 4 rings (SSSR count). The first-order valence-electron chi connectivity index (χ1n) is 9.47. The number of carbonyl (C=O) groups excluding carboxylic acids is 1. The largest absolute Gasteiger partial charge is 0.497 e. The van der Waals surface area contributed by atoms with Crippen molar-refractivity contribution in [2.75, 3.05) is 31.4 Å². The quantitative estimate of drug-likeness (QED) is 0.576.